The van der Waals surface area contributed by atoms with Crippen molar-refractivity contribution >= 4 is 13.8 Å². The highest BCUT2D eigenvalue weighted by atomic mass is 31.2. The lowest BCUT2D eigenvalue weighted by Gasteiger charge is -2.28. The molecular formula is C41H82NO7P. The van der Waals surface area contributed by atoms with E-state index in [0.717, 1.165) is 32.1 Å². The number of carbonyl (C=O) groups is 1. The molecule has 0 aromatic rings. The third-order valence-corrected chi connectivity index (χ3v) is 10.0. The predicted octanol–water partition coefficient (Wildman–Crippen LogP) is 11.3. The maximum Gasteiger partial charge on any atom is 0.306 e. The Balaban J connectivity index is 4.07. The molecule has 0 aromatic carbocycles. The van der Waals surface area contributed by atoms with E-state index in [1.54, 1.807) is 0 Å². The fourth-order valence-electron chi connectivity index (χ4n) is 5.78. The van der Waals surface area contributed by atoms with Gasteiger partial charge in [0, 0.05) is 13.0 Å². The Morgan fingerprint density at radius 2 is 1.04 bits per heavy atom. The molecule has 0 N–H and O–H groups in total. The minimum absolute atomic E-state index is 0.0283. The molecule has 298 valence electrons. The zero-order valence-electron chi connectivity index (χ0n) is 33.6. The lowest BCUT2D eigenvalue weighted by molar-refractivity contribution is -0.870. The van der Waals surface area contributed by atoms with Crippen molar-refractivity contribution in [1.29, 1.82) is 0 Å². The van der Waals surface area contributed by atoms with Gasteiger partial charge in [0.2, 0.25) is 0 Å². The molecule has 8 nitrogen and oxygen atoms in total. The summed E-state index contributed by atoms with van der Waals surface area (Å²) in [6.07, 6.45) is 36.6. The molecule has 0 aliphatic carbocycles. The molecule has 2 atom stereocenters. The predicted molar refractivity (Wildman–Crippen MR) is 208 cm³/mol. The molecule has 0 aliphatic heterocycles. The standard InChI is InChI=1S/C41H82NO7P/c1-6-8-10-12-14-15-16-17-18-19-20-21-22-23-24-25-26-27-28-30-32-34-41(43)49-40(38-46-36-33-31-29-13-11-9-7-2)39-48-50(44,45)47-37-35-42(3,4)5/h19-20,40H,6-18,21-39H2,1-5H3/b20-19-. The minimum atomic E-state index is -4.51. The van der Waals surface area contributed by atoms with Crippen LogP contribution in [0.3, 0.4) is 0 Å². The van der Waals surface area contributed by atoms with Crippen LogP contribution in [0.15, 0.2) is 12.2 Å². The van der Waals surface area contributed by atoms with Crippen LogP contribution in [-0.2, 0) is 27.9 Å². The summed E-state index contributed by atoms with van der Waals surface area (Å²) >= 11 is 0. The first kappa shape index (κ1) is 49.2. The van der Waals surface area contributed by atoms with Crippen LogP contribution in [0, 0.1) is 0 Å². The van der Waals surface area contributed by atoms with Crippen LogP contribution in [0.1, 0.15) is 187 Å². The topological polar surface area (TPSA) is 94.1 Å². The molecule has 0 spiro atoms. The number of rotatable bonds is 39. The number of hydrogen-bond donors (Lipinski definition) is 0. The molecule has 0 saturated heterocycles. The van der Waals surface area contributed by atoms with Crippen molar-refractivity contribution in [3.05, 3.63) is 12.2 Å². The average Bonchev–Trinajstić information content (AvgIpc) is 3.06. The number of quaternary nitrogens is 1. The van der Waals surface area contributed by atoms with Crippen molar-refractivity contribution in [2.45, 2.75) is 193 Å². The highest BCUT2D eigenvalue weighted by Crippen LogP contribution is 2.38. The second kappa shape index (κ2) is 35.3. The van der Waals surface area contributed by atoms with Crippen molar-refractivity contribution in [3.8, 4) is 0 Å². The summed E-state index contributed by atoms with van der Waals surface area (Å²) in [5.74, 6) is -0.336. The smallest absolute Gasteiger partial charge is 0.306 e. The number of esters is 1. The van der Waals surface area contributed by atoms with Crippen molar-refractivity contribution in [1.82, 2.24) is 0 Å². The summed E-state index contributed by atoms with van der Waals surface area (Å²) in [7, 11) is 1.36. The Labute approximate surface area is 310 Å². The lowest BCUT2D eigenvalue weighted by atomic mass is 10.1. The number of hydrogen-bond acceptors (Lipinski definition) is 7. The second-order valence-electron chi connectivity index (χ2n) is 15.4. The van der Waals surface area contributed by atoms with E-state index in [1.807, 2.05) is 21.1 Å². The lowest BCUT2D eigenvalue weighted by Crippen LogP contribution is -2.37. The van der Waals surface area contributed by atoms with Crippen LogP contribution < -0.4 is 4.89 Å². The van der Waals surface area contributed by atoms with Gasteiger partial charge in [0.05, 0.1) is 34.4 Å². The van der Waals surface area contributed by atoms with Gasteiger partial charge in [-0.25, -0.2) is 0 Å². The number of carbonyl (C=O) groups excluding carboxylic acids is 1. The van der Waals surface area contributed by atoms with Gasteiger partial charge in [0.15, 0.2) is 0 Å². The molecule has 0 fully saturated rings. The van der Waals surface area contributed by atoms with Crippen LogP contribution in [0.5, 0.6) is 0 Å². The molecule has 0 heterocycles. The molecular weight excluding hydrogens is 649 g/mol. The zero-order chi connectivity index (χ0) is 37.0. The van der Waals surface area contributed by atoms with E-state index >= 15 is 0 Å². The van der Waals surface area contributed by atoms with E-state index in [9.17, 15) is 14.3 Å². The molecule has 2 unspecified atom stereocenters. The monoisotopic (exact) mass is 732 g/mol. The van der Waals surface area contributed by atoms with Gasteiger partial charge in [-0.3, -0.25) is 9.36 Å². The molecule has 0 rings (SSSR count). The third-order valence-electron chi connectivity index (χ3n) is 9.07. The van der Waals surface area contributed by atoms with Crippen LogP contribution in [0.4, 0.5) is 0 Å². The maximum absolute atomic E-state index is 12.6. The van der Waals surface area contributed by atoms with Crippen LogP contribution in [0.2, 0.25) is 0 Å². The molecule has 50 heavy (non-hydrogen) atoms. The van der Waals surface area contributed by atoms with Crippen molar-refractivity contribution in [2.75, 3.05) is 54.1 Å². The molecule has 0 aliphatic rings. The number of likely N-dealkylation sites (N-methyl/N-ethyl adjacent to an activating group) is 1. The van der Waals surface area contributed by atoms with E-state index in [1.165, 1.54) is 135 Å². The highest BCUT2D eigenvalue weighted by Gasteiger charge is 2.20. The number of ether oxygens (including phenoxy) is 2. The Hall–Kier alpha value is -0.760. The first-order chi connectivity index (χ1) is 24.1. The number of allylic oxidation sites excluding steroid dienone is 2. The summed E-state index contributed by atoms with van der Waals surface area (Å²) in [6, 6.07) is 0. The summed E-state index contributed by atoms with van der Waals surface area (Å²) in [5, 5.41) is 0. The third kappa shape index (κ3) is 38.5. The number of phosphoric acid groups is 1. The first-order valence-electron chi connectivity index (χ1n) is 20.9. The number of nitrogens with zero attached hydrogens (tertiary/aromatic N) is 1. The second-order valence-corrected chi connectivity index (χ2v) is 16.8. The van der Waals surface area contributed by atoms with Crippen molar-refractivity contribution in [2.24, 2.45) is 0 Å². The minimum Gasteiger partial charge on any atom is -0.756 e. The van der Waals surface area contributed by atoms with Gasteiger partial charge >= 0.3 is 5.97 Å². The van der Waals surface area contributed by atoms with Crippen LogP contribution >= 0.6 is 7.82 Å². The molecule has 9 heteroatoms. The van der Waals surface area contributed by atoms with E-state index < -0.39 is 13.9 Å². The first-order valence-corrected chi connectivity index (χ1v) is 22.4. The normalized spacial score (nSPS) is 14.0. The van der Waals surface area contributed by atoms with Gasteiger partial charge in [0.1, 0.15) is 19.3 Å². The Morgan fingerprint density at radius 3 is 1.52 bits per heavy atom. The summed E-state index contributed by atoms with van der Waals surface area (Å²) in [4.78, 5) is 24.9. The molecule has 0 amide bonds. The molecule has 0 saturated carbocycles. The van der Waals surface area contributed by atoms with Crippen molar-refractivity contribution < 1.29 is 37.3 Å². The fraction of sp³-hybridized carbons (Fsp3) is 0.927. The molecule has 0 aromatic heterocycles. The number of unbranched alkanes of at least 4 members (excludes halogenated alkanes) is 23. The maximum atomic E-state index is 12.6. The van der Waals surface area contributed by atoms with Crippen LogP contribution in [0.25, 0.3) is 0 Å². The molecule has 0 radical (unpaired) electrons. The highest BCUT2D eigenvalue weighted by molar-refractivity contribution is 7.45. The van der Waals surface area contributed by atoms with Gasteiger partial charge in [-0.2, -0.15) is 0 Å². The zero-order valence-corrected chi connectivity index (χ0v) is 34.5. The quantitative estimate of drug-likeness (QED) is 0.0204. The van der Waals surface area contributed by atoms with Crippen molar-refractivity contribution in [3.63, 3.8) is 0 Å². The Bertz CT molecular complexity index is 817. The Morgan fingerprint density at radius 1 is 0.600 bits per heavy atom. The SMILES string of the molecule is CCCCCCCCCC/C=C\CCCCCCCCCCCC(=O)OC(COCCCCCCCCC)COP(=O)([O-])OCC[N+](C)(C)C. The average molecular weight is 732 g/mol. The van der Waals surface area contributed by atoms with E-state index in [4.69, 9.17) is 18.5 Å². The summed E-state index contributed by atoms with van der Waals surface area (Å²) < 4.78 is 34.4. The van der Waals surface area contributed by atoms with E-state index in [-0.39, 0.29) is 25.8 Å². The van der Waals surface area contributed by atoms with Gasteiger partial charge in [0.25, 0.3) is 7.82 Å². The van der Waals surface area contributed by atoms with Gasteiger partial charge in [-0.1, -0.05) is 154 Å². The van der Waals surface area contributed by atoms with E-state index in [0.29, 0.717) is 24.1 Å². The van der Waals surface area contributed by atoms with Gasteiger partial charge in [-0.05, 0) is 38.5 Å². The molecule has 0 bridgehead atoms. The van der Waals surface area contributed by atoms with E-state index in [2.05, 4.69) is 26.0 Å². The summed E-state index contributed by atoms with van der Waals surface area (Å²) in [5.41, 5.74) is 0. The largest absolute Gasteiger partial charge is 0.756 e. The number of phosphoric ester groups is 1. The Kier molecular flexibility index (Phi) is 34.7. The fourth-order valence-corrected chi connectivity index (χ4v) is 6.50. The van der Waals surface area contributed by atoms with Gasteiger partial charge in [-0.15, -0.1) is 0 Å². The van der Waals surface area contributed by atoms with Crippen LogP contribution in [-0.4, -0.2) is 70.7 Å². The van der Waals surface area contributed by atoms with Gasteiger partial charge < -0.3 is 27.9 Å². The summed E-state index contributed by atoms with van der Waals surface area (Å²) in [6.45, 7) is 5.39.